The van der Waals surface area contributed by atoms with Gasteiger partial charge in [-0.05, 0) is 6.42 Å². The number of rotatable bonds is 8. The fourth-order valence-electron chi connectivity index (χ4n) is 2.23. The van der Waals surface area contributed by atoms with Gasteiger partial charge in [-0.3, -0.25) is 4.98 Å². The maximum absolute atomic E-state index is 10.3. The second kappa shape index (κ2) is 11.6. The normalized spacial score (nSPS) is 10.2. The minimum absolute atomic E-state index is 0.0208. The Hall–Kier alpha value is -2.98. The fraction of sp³-hybridized carbons (Fsp3) is 0.600. The summed E-state index contributed by atoms with van der Waals surface area (Å²) < 4.78 is 0. The number of aryl methyl sites for hydroxylation is 1. The summed E-state index contributed by atoms with van der Waals surface area (Å²) in [4.78, 5) is 31.0. The Labute approximate surface area is 152 Å². The maximum Gasteiger partial charge on any atom is 0.350 e. The van der Waals surface area contributed by atoms with Crippen molar-refractivity contribution in [1.29, 1.82) is 0 Å². The standard InChI is InChI=1S/C12H23N5.C3H5N5O/c1-2-3-4-5-6-7-8-9-10-15-11(13)17-12(14)16-10;4-1-6-2(5)8-3(9)7-1/h2-9H2,1H3,(H4,13,14,15,16,17);(H5,4,5,6,7,8,9). The van der Waals surface area contributed by atoms with Gasteiger partial charge in [0.15, 0.2) is 0 Å². The van der Waals surface area contributed by atoms with Crippen molar-refractivity contribution in [3.05, 3.63) is 16.3 Å². The van der Waals surface area contributed by atoms with Crippen LogP contribution in [0.15, 0.2) is 4.79 Å². The van der Waals surface area contributed by atoms with Gasteiger partial charge in [0.2, 0.25) is 23.8 Å². The van der Waals surface area contributed by atoms with E-state index < -0.39 is 5.69 Å². The number of H-pyrrole nitrogens is 1. The summed E-state index contributed by atoms with van der Waals surface area (Å²) in [5, 5.41) is 0. The maximum atomic E-state index is 10.3. The van der Waals surface area contributed by atoms with E-state index in [4.69, 9.17) is 22.9 Å². The largest absolute Gasteiger partial charge is 0.369 e. The van der Waals surface area contributed by atoms with Gasteiger partial charge in [0, 0.05) is 6.42 Å². The molecule has 2 aromatic rings. The molecule has 0 atom stereocenters. The van der Waals surface area contributed by atoms with Crippen LogP contribution in [0.5, 0.6) is 0 Å². The van der Waals surface area contributed by atoms with Gasteiger partial charge in [-0.15, -0.1) is 0 Å². The highest BCUT2D eigenvalue weighted by Crippen LogP contribution is 2.09. The molecular formula is C15H28N10O. The molecule has 0 aliphatic carbocycles. The molecule has 0 spiro atoms. The second-order valence-electron chi connectivity index (χ2n) is 5.74. The highest BCUT2D eigenvalue weighted by Gasteiger charge is 2.01. The van der Waals surface area contributed by atoms with E-state index >= 15 is 0 Å². The van der Waals surface area contributed by atoms with Crippen molar-refractivity contribution in [3.8, 4) is 0 Å². The number of hydrogen-bond acceptors (Lipinski definition) is 10. The molecule has 0 aliphatic rings. The van der Waals surface area contributed by atoms with Crippen molar-refractivity contribution in [2.24, 2.45) is 0 Å². The van der Waals surface area contributed by atoms with Crippen LogP contribution in [0, 0.1) is 0 Å². The van der Waals surface area contributed by atoms with Crippen molar-refractivity contribution in [1.82, 2.24) is 29.9 Å². The molecule has 0 saturated carbocycles. The van der Waals surface area contributed by atoms with Gasteiger partial charge in [-0.1, -0.05) is 45.4 Å². The van der Waals surface area contributed by atoms with E-state index in [0.29, 0.717) is 5.82 Å². The molecule has 26 heavy (non-hydrogen) atoms. The quantitative estimate of drug-likeness (QED) is 0.414. The Kier molecular flexibility index (Phi) is 9.36. The Bertz CT molecular complexity index is 674. The highest BCUT2D eigenvalue weighted by atomic mass is 16.1. The van der Waals surface area contributed by atoms with Crippen LogP contribution in [0.1, 0.15) is 57.7 Å². The lowest BCUT2D eigenvalue weighted by Gasteiger charge is -2.02. The predicted octanol–water partition coefficient (Wildman–Crippen LogP) is 0.658. The molecule has 2 aromatic heterocycles. The summed E-state index contributed by atoms with van der Waals surface area (Å²) in [6, 6.07) is 0. The fourth-order valence-corrected chi connectivity index (χ4v) is 2.23. The third-order valence-electron chi connectivity index (χ3n) is 3.41. The summed E-state index contributed by atoms with van der Waals surface area (Å²) in [7, 11) is 0. The first-order valence-corrected chi connectivity index (χ1v) is 8.66. The Balaban J connectivity index is 0.000000314. The summed E-state index contributed by atoms with van der Waals surface area (Å²) >= 11 is 0. The number of aromatic amines is 1. The van der Waals surface area contributed by atoms with Crippen LogP contribution in [0.4, 0.5) is 23.8 Å². The van der Waals surface area contributed by atoms with Crippen LogP contribution in [0.3, 0.4) is 0 Å². The van der Waals surface area contributed by atoms with Crippen LogP contribution < -0.4 is 28.6 Å². The van der Waals surface area contributed by atoms with Crippen LogP contribution >= 0.6 is 0 Å². The van der Waals surface area contributed by atoms with E-state index in [1.807, 2.05) is 0 Å². The average Bonchev–Trinajstić information content (AvgIpc) is 2.52. The monoisotopic (exact) mass is 364 g/mol. The molecular weight excluding hydrogens is 336 g/mol. The first-order chi connectivity index (χ1) is 12.4. The molecule has 0 radical (unpaired) electrons. The third-order valence-corrected chi connectivity index (χ3v) is 3.41. The SMILES string of the molecule is CCCCCCCCCc1nc(N)nc(N)n1.Nc1nc(N)[nH]c(=O)n1. The van der Waals surface area contributed by atoms with Crippen LogP contribution in [0.2, 0.25) is 0 Å². The number of nitrogens with one attached hydrogen (secondary N) is 1. The van der Waals surface area contributed by atoms with Crippen LogP contribution in [0.25, 0.3) is 0 Å². The zero-order valence-electron chi connectivity index (χ0n) is 15.1. The molecule has 0 amide bonds. The van der Waals surface area contributed by atoms with Crippen molar-refractivity contribution < 1.29 is 0 Å². The molecule has 0 fully saturated rings. The van der Waals surface area contributed by atoms with Crippen molar-refractivity contribution in [3.63, 3.8) is 0 Å². The summed E-state index contributed by atoms with van der Waals surface area (Å²) in [6.45, 7) is 2.23. The molecule has 11 heteroatoms. The summed E-state index contributed by atoms with van der Waals surface area (Å²) in [5.41, 5.74) is 20.5. The molecule has 11 nitrogen and oxygen atoms in total. The molecule has 0 aliphatic heterocycles. The van der Waals surface area contributed by atoms with Crippen molar-refractivity contribution >= 4 is 23.8 Å². The van der Waals surface area contributed by atoms with E-state index in [9.17, 15) is 4.79 Å². The topological polar surface area (TPSA) is 201 Å². The van der Waals surface area contributed by atoms with E-state index in [2.05, 4.69) is 36.8 Å². The summed E-state index contributed by atoms with van der Waals surface area (Å²) in [6.07, 6.45) is 9.76. The van der Waals surface area contributed by atoms with E-state index in [-0.39, 0.29) is 23.8 Å². The molecule has 0 saturated heterocycles. The lowest BCUT2D eigenvalue weighted by molar-refractivity contribution is 0.584. The lowest BCUT2D eigenvalue weighted by Crippen LogP contribution is -2.16. The lowest BCUT2D eigenvalue weighted by atomic mass is 10.1. The smallest absolute Gasteiger partial charge is 0.350 e. The molecule has 0 aromatic carbocycles. The number of anilines is 4. The van der Waals surface area contributed by atoms with Gasteiger partial charge >= 0.3 is 5.69 Å². The number of aromatic nitrogens is 6. The van der Waals surface area contributed by atoms with Crippen molar-refractivity contribution in [2.45, 2.75) is 58.3 Å². The van der Waals surface area contributed by atoms with Gasteiger partial charge in [0.05, 0.1) is 0 Å². The number of nitrogens with two attached hydrogens (primary N) is 4. The Morgan fingerprint density at radius 2 is 1.27 bits per heavy atom. The first-order valence-electron chi connectivity index (χ1n) is 8.66. The van der Waals surface area contributed by atoms with E-state index in [1.54, 1.807) is 0 Å². The minimum atomic E-state index is -0.583. The van der Waals surface area contributed by atoms with Gasteiger partial charge in [0.1, 0.15) is 5.82 Å². The molecule has 0 unspecified atom stereocenters. The van der Waals surface area contributed by atoms with Gasteiger partial charge in [0.25, 0.3) is 0 Å². The number of unbranched alkanes of at least 4 members (excludes halogenated alkanes) is 6. The van der Waals surface area contributed by atoms with Crippen molar-refractivity contribution in [2.75, 3.05) is 22.9 Å². The number of hydrogen-bond donors (Lipinski definition) is 5. The Morgan fingerprint density at radius 3 is 1.81 bits per heavy atom. The molecule has 9 N–H and O–H groups in total. The van der Waals surface area contributed by atoms with E-state index in [1.165, 1.54) is 38.5 Å². The highest BCUT2D eigenvalue weighted by molar-refractivity contribution is 5.25. The zero-order valence-corrected chi connectivity index (χ0v) is 15.1. The number of nitrogens with zero attached hydrogens (tertiary/aromatic N) is 5. The molecule has 0 bridgehead atoms. The molecule has 2 heterocycles. The van der Waals surface area contributed by atoms with Crippen LogP contribution in [-0.4, -0.2) is 29.9 Å². The minimum Gasteiger partial charge on any atom is -0.369 e. The first kappa shape index (κ1) is 21.1. The average molecular weight is 364 g/mol. The Morgan fingerprint density at radius 1 is 0.731 bits per heavy atom. The zero-order chi connectivity index (χ0) is 19.4. The molecule has 144 valence electrons. The number of nitrogen functional groups attached to an aromatic ring is 4. The molecule has 2 rings (SSSR count). The van der Waals surface area contributed by atoms with Gasteiger partial charge in [-0.25, -0.2) is 4.79 Å². The third kappa shape index (κ3) is 9.35. The second-order valence-corrected chi connectivity index (χ2v) is 5.74. The van der Waals surface area contributed by atoms with Crippen LogP contribution in [-0.2, 0) is 6.42 Å². The van der Waals surface area contributed by atoms with Gasteiger partial charge in [-0.2, -0.15) is 24.9 Å². The van der Waals surface area contributed by atoms with E-state index in [0.717, 1.165) is 12.8 Å². The predicted molar refractivity (Wildman–Crippen MR) is 102 cm³/mol. The van der Waals surface area contributed by atoms with Gasteiger partial charge < -0.3 is 22.9 Å². The summed E-state index contributed by atoms with van der Waals surface area (Å²) in [5.74, 6) is 1.01.